The second kappa shape index (κ2) is 5.97. The highest BCUT2D eigenvalue weighted by Crippen LogP contribution is 2.24. The second-order valence-electron chi connectivity index (χ2n) is 5.94. The van der Waals surface area contributed by atoms with E-state index < -0.39 is 11.0 Å². The van der Waals surface area contributed by atoms with E-state index in [-0.39, 0.29) is 23.5 Å². The molecule has 106 valence electrons. The highest BCUT2D eigenvalue weighted by atomic mass is 16.6. The Morgan fingerprint density at radius 1 is 1.53 bits per heavy atom. The van der Waals surface area contributed by atoms with Crippen LogP contribution in [0.25, 0.3) is 0 Å². The molecule has 0 fully saturated rings. The first-order valence-electron chi connectivity index (χ1n) is 6.22. The van der Waals surface area contributed by atoms with Crippen LogP contribution in [0.4, 0.5) is 11.5 Å². The third-order valence-corrected chi connectivity index (χ3v) is 2.55. The van der Waals surface area contributed by atoms with E-state index in [1.165, 1.54) is 6.07 Å². The Balaban J connectivity index is 2.70. The number of aliphatic hydroxyl groups is 1. The molecule has 0 saturated carbocycles. The fourth-order valence-electron chi connectivity index (χ4n) is 1.82. The maximum Gasteiger partial charge on any atom is 0.311 e. The quantitative estimate of drug-likeness (QED) is 0.632. The Morgan fingerprint density at radius 3 is 2.68 bits per heavy atom. The van der Waals surface area contributed by atoms with Crippen LogP contribution in [0, 0.1) is 22.5 Å². The molecule has 2 N–H and O–H groups in total. The molecule has 0 aromatic carbocycles. The highest BCUT2D eigenvalue weighted by Gasteiger charge is 2.19. The number of aryl methyl sites for hydroxylation is 1. The van der Waals surface area contributed by atoms with E-state index in [9.17, 15) is 15.2 Å². The topological polar surface area (TPSA) is 88.3 Å². The molecule has 0 bridgehead atoms. The van der Waals surface area contributed by atoms with Gasteiger partial charge in [0.15, 0.2) is 0 Å². The molecule has 1 aromatic rings. The lowest BCUT2D eigenvalue weighted by atomic mass is 9.89. The largest absolute Gasteiger partial charge is 0.391 e. The summed E-state index contributed by atoms with van der Waals surface area (Å²) in [5.41, 5.74) is 0.670. The summed E-state index contributed by atoms with van der Waals surface area (Å²) < 4.78 is 0. The maximum atomic E-state index is 10.9. The summed E-state index contributed by atoms with van der Waals surface area (Å²) in [6.07, 6.45) is 1.60. The molecule has 1 atom stereocenters. The van der Waals surface area contributed by atoms with Crippen LogP contribution in [0.1, 0.15) is 32.8 Å². The van der Waals surface area contributed by atoms with Crippen LogP contribution in [0.2, 0.25) is 0 Å². The van der Waals surface area contributed by atoms with Gasteiger partial charge in [-0.3, -0.25) is 10.1 Å². The standard InChI is InChI=1S/C13H21N3O3/c1-9-5-11(16(18)19)12(14-7-9)15-8-10(17)6-13(2,3)4/h5,7,10,17H,6,8H2,1-4H3,(H,14,15). The van der Waals surface area contributed by atoms with Crippen molar-refractivity contribution in [3.05, 3.63) is 27.9 Å². The third-order valence-electron chi connectivity index (χ3n) is 2.55. The van der Waals surface area contributed by atoms with E-state index in [1.807, 2.05) is 20.8 Å². The Labute approximate surface area is 113 Å². The van der Waals surface area contributed by atoms with Crippen molar-refractivity contribution in [1.29, 1.82) is 0 Å². The molecule has 6 heteroatoms. The van der Waals surface area contributed by atoms with Crippen molar-refractivity contribution in [1.82, 2.24) is 4.98 Å². The molecule has 6 nitrogen and oxygen atoms in total. The Bertz CT molecular complexity index is 455. The van der Waals surface area contributed by atoms with E-state index in [1.54, 1.807) is 13.1 Å². The predicted molar refractivity (Wildman–Crippen MR) is 74.2 cm³/mol. The Morgan fingerprint density at radius 2 is 2.16 bits per heavy atom. The van der Waals surface area contributed by atoms with Gasteiger partial charge in [-0.2, -0.15) is 0 Å². The highest BCUT2D eigenvalue weighted by molar-refractivity contribution is 5.56. The molecule has 0 aliphatic rings. The van der Waals surface area contributed by atoms with Crippen LogP contribution in [0.3, 0.4) is 0 Å². The normalized spacial score (nSPS) is 13.1. The molecule has 1 heterocycles. The zero-order valence-corrected chi connectivity index (χ0v) is 11.8. The molecule has 1 rings (SSSR count). The van der Waals surface area contributed by atoms with Gasteiger partial charge in [0.25, 0.3) is 0 Å². The minimum atomic E-state index is -0.567. The molecule has 0 aliphatic heterocycles. The number of nitrogens with one attached hydrogen (secondary N) is 1. The third kappa shape index (κ3) is 5.21. The number of pyridine rings is 1. The van der Waals surface area contributed by atoms with Crippen LogP contribution >= 0.6 is 0 Å². The first-order valence-corrected chi connectivity index (χ1v) is 6.22. The van der Waals surface area contributed by atoms with Gasteiger partial charge < -0.3 is 10.4 Å². The van der Waals surface area contributed by atoms with Crippen LogP contribution in [-0.4, -0.2) is 27.7 Å². The molecule has 0 spiro atoms. The number of nitro groups is 1. The van der Waals surface area contributed by atoms with Crippen molar-refractivity contribution in [3.8, 4) is 0 Å². The molecule has 0 saturated heterocycles. The SMILES string of the molecule is Cc1cnc(NCC(O)CC(C)(C)C)c([N+](=O)[O-])c1. The number of rotatable bonds is 5. The van der Waals surface area contributed by atoms with Gasteiger partial charge in [-0.1, -0.05) is 20.8 Å². The minimum absolute atomic E-state index is 0.00767. The molecular formula is C13H21N3O3. The van der Waals surface area contributed by atoms with Crippen LogP contribution < -0.4 is 5.32 Å². The zero-order valence-electron chi connectivity index (χ0n) is 11.8. The molecule has 0 amide bonds. The smallest absolute Gasteiger partial charge is 0.311 e. The molecule has 1 unspecified atom stereocenters. The van der Waals surface area contributed by atoms with Crippen molar-refractivity contribution >= 4 is 11.5 Å². The van der Waals surface area contributed by atoms with Gasteiger partial charge in [0.2, 0.25) is 5.82 Å². The van der Waals surface area contributed by atoms with Crippen LogP contribution in [-0.2, 0) is 0 Å². The second-order valence-corrected chi connectivity index (χ2v) is 5.94. The molecule has 0 radical (unpaired) electrons. The number of hydrogen-bond donors (Lipinski definition) is 2. The number of aromatic nitrogens is 1. The fraction of sp³-hybridized carbons (Fsp3) is 0.615. The Kier molecular flexibility index (Phi) is 4.83. The number of nitrogens with zero attached hydrogens (tertiary/aromatic N) is 2. The van der Waals surface area contributed by atoms with Gasteiger partial charge in [-0.05, 0) is 24.3 Å². The van der Waals surface area contributed by atoms with Gasteiger partial charge in [-0.25, -0.2) is 4.98 Å². The zero-order chi connectivity index (χ0) is 14.6. The lowest BCUT2D eigenvalue weighted by Gasteiger charge is -2.22. The van der Waals surface area contributed by atoms with E-state index in [0.29, 0.717) is 6.42 Å². The Hall–Kier alpha value is -1.69. The summed E-state index contributed by atoms with van der Waals surface area (Å²) in [4.78, 5) is 14.4. The number of aliphatic hydroxyl groups excluding tert-OH is 1. The molecule has 1 aromatic heterocycles. The summed E-state index contributed by atoms with van der Waals surface area (Å²) in [5, 5.41) is 23.6. The number of anilines is 1. The molecule has 0 aliphatic carbocycles. The first kappa shape index (κ1) is 15.4. The van der Waals surface area contributed by atoms with Crippen LogP contribution in [0.5, 0.6) is 0 Å². The van der Waals surface area contributed by atoms with Crippen LogP contribution in [0.15, 0.2) is 12.3 Å². The summed E-state index contributed by atoms with van der Waals surface area (Å²) in [6.45, 7) is 8.08. The lowest BCUT2D eigenvalue weighted by Crippen LogP contribution is -2.25. The summed E-state index contributed by atoms with van der Waals surface area (Å²) in [5.74, 6) is 0.198. The monoisotopic (exact) mass is 267 g/mol. The lowest BCUT2D eigenvalue weighted by molar-refractivity contribution is -0.384. The van der Waals surface area contributed by atoms with E-state index in [4.69, 9.17) is 0 Å². The minimum Gasteiger partial charge on any atom is -0.391 e. The maximum absolute atomic E-state index is 10.9. The first-order chi connectivity index (χ1) is 8.69. The van der Waals surface area contributed by atoms with E-state index in [2.05, 4.69) is 10.3 Å². The van der Waals surface area contributed by atoms with Crippen molar-refractivity contribution in [3.63, 3.8) is 0 Å². The predicted octanol–water partition coefficient (Wildman–Crippen LogP) is 2.51. The van der Waals surface area contributed by atoms with E-state index >= 15 is 0 Å². The van der Waals surface area contributed by atoms with E-state index in [0.717, 1.165) is 5.56 Å². The van der Waals surface area contributed by atoms with Crippen molar-refractivity contribution < 1.29 is 10.0 Å². The molecular weight excluding hydrogens is 246 g/mol. The molecule has 19 heavy (non-hydrogen) atoms. The van der Waals surface area contributed by atoms with Crippen molar-refractivity contribution in [2.24, 2.45) is 5.41 Å². The summed E-state index contributed by atoms with van der Waals surface area (Å²) >= 11 is 0. The van der Waals surface area contributed by atoms with Gasteiger partial charge in [0, 0.05) is 18.8 Å². The summed E-state index contributed by atoms with van der Waals surface area (Å²) in [6, 6.07) is 1.46. The van der Waals surface area contributed by atoms with Crippen molar-refractivity contribution in [2.75, 3.05) is 11.9 Å². The van der Waals surface area contributed by atoms with Gasteiger partial charge in [-0.15, -0.1) is 0 Å². The summed E-state index contributed by atoms with van der Waals surface area (Å²) in [7, 11) is 0. The van der Waals surface area contributed by atoms with Gasteiger partial charge in [0.05, 0.1) is 11.0 Å². The average molecular weight is 267 g/mol. The van der Waals surface area contributed by atoms with Gasteiger partial charge in [0.1, 0.15) is 0 Å². The average Bonchev–Trinajstić information content (AvgIpc) is 2.24. The number of hydrogen-bond acceptors (Lipinski definition) is 5. The van der Waals surface area contributed by atoms with Gasteiger partial charge >= 0.3 is 5.69 Å². The fourth-order valence-corrected chi connectivity index (χ4v) is 1.82. The van der Waals surface area contributed by atoms with Crippen molar-refractivity contribution in [2.45, 2.75) is 40.2 Å².